The molecule has 0 fully saturated rings. The fraction of sp³-hybridized carbons (Fsp3) is 0.276. The number of hydrogen-bond acceptors (Lipinski definition) is 12. The number of Topliss-reactive ketones (excluding diaryl/α,β-unsaturated/α-hetero) is 1. The molecule has 2 heterocycles. The average molecular weight is 641 g/mol. The molecule has 11 nitrogen and oxygen atoms in total. The summed E-state index contributed by atoms with van der Waals surface area (Å²) in [6, 6.07) is 8.45. The summed E-state index contributed by atoms with van der Waals surface area (Å²) >= 11 is 2.17. The second-order valence-corrected chi connectivity index (χ2v) is 11.7. The zero-order valence-corrected chi connectivity index (χ0v) is 25.4. The number of methoxy groups -OCH3 is 3. The van der Waals surface area contributed by atoms with Crippen LogP contribution in [-0.4, -0.2) is 49.0 Å². The number of halogens is 2. The molecule has 1 aromatic heterocycles. The first kappa shape index (κ1) is 30.8. The SMILES string of the molecule is COc1ccc(C2C(C#N)=C(N)N(c3nnc(SCC(=O)Nc4ccc(F)cc4F)s3)C3=C2C(=O)CCC3)c(OC)c1OC. The van der Waals surface area contributed by atoms with Gasteiger partial charge in [-0.05, 0) is 31.0 Å². The lowest BCUT2D eigenvalue weighted by atomic mass is 9.75. The van der Waals surface area contributed by atoms with E-state index in [-0.39, 0.29) is 28.6 Å². The van der Waals surface area contributed by atoms with Crippen LogP contribution >= 0.6 is 23.1 Å². The lowest BCUT2D eigenvalue weighted by Crippen LogP contribution is -2.38. The van der Waals surface area contributed by atoms with Crippen LogP contribution in [0, 0.1) is 23.0 Å². The van der Waals surface area contributed by atoms with Crippen LogP contribution in [0.25, 0.3) is 0 Å². The van der Waals surface area contributed by atoms with Gasteiger partial charge < -0.3 is 25.3 Å². The second-order valence-electron chi connectivity index (χ2n) is 9.55. The molecule has 0 bridgehead atoms. The summed E-state index contributed by atoms with van der Waals surface area (Å²) in [4.78, 5) is 27.5. The van der Waals surface area contributed by atoms with Gasteiger partial charge in [0.1, 0.15) is 17.5 Å². The van der Waals surface area contributed by atoms with Crippen LogP contribution in [-0.2, 0) is 9.59 Å². The minimum absolute atomic E-state index is 0.0833. The van der Waals surface area contributed by atoms with E-state index in [4.69, 9.17) is 19.9 Å². The molecule has 2 aliphatic rings. The van der Waals surface area contributed by atoms with E-state index in [1.54, 1.807) is 17.0 Å². The number of hydrogen-bond donors (Lipinski definition) is 2. The molecule has 1 amide bonds. The summed E-state index contributed by atoms with van der Waals surface area (Å²) in [7, 11) is 4.42. The summed E-state index contributed by atoms with van der Waals surface area (Å²) in [5.41, 5.74) is 8.14. The molecule has 0 radical (unpaired) electrons. The normalized spacial score (nSPS) is 16.4. The zero-order chi connectivity index (χ0) is 31.5. The number of anilines is 2. The van der Waals surface area contributed by atoms with E-state index in [9.17, 15) is 23.6 Å². The van der Waals surface area contributed by atoms with Gasteiger partial charge in [-0.25, -0.2) is 8.78 Å². The van der Waals surface area contributed by atoms with Gasteiger partial charge in [0.15, 0.2) is 21.6 Å². The molecule has 0 saturated heterocycles. The molecule has 0 spiro atoms. The Labute approximate surface area is 259 Å². The Morgan fingerprint density at radius 2 is 1.93 bits per heavy atom. The van der Waals surface area contributed by atoms with Crippen LogP contribution in [0.2, 0.25) is 0 Å². The molecule has 0 saturated carbocycles. The number of carbonyl (C=O) groups is 2. The molecule has 3 N–H and O–H groups in total. The number of nitrogens with one attached hydrogen (secondary N) is 1. The number of ether oxygens (including phenoxy) is 3. The number of ketones is 1. The minimum atomic E-state index is -0.891. The monoisotopic (exact) mass is 640 g/mol. The fourth-order valence-corrected chi connectivity index (χ4v) is 6.90. The van der Waals surface area contributed by atoms with E-state index in [1.807, 2.05) is 0 Å². The van der Waals surface area contributed by atoms with Crippen LogP contribution in [0.3, 0.4) is 0 Å². The summed E-state index contributed by atoms with van der Waals surface area (Å²) in [6.07, 6.45) is 1.35. The first-order chi connectivity index (χ1) is 21.2. The number of amides is 1. The quantitative estimate of drug-likeness (QED) is 0.308. The van der Waals surface area contributed by atoms with Crippen molar-refractivity contribution in [3.8, 4) is 23.3 Å². The van der Waals surface area contributed by atoms with Crippen LogP contribution in [0.4, 0.5) is 19.6 Å². The third-order valence-corrected chi connectivity index (χ3v) is 9.12. The Bertz CT molecular complexity index is 1750. The Balaban J connectivity index is 1.48. The summed E-state index contributed by atoms with van der Waals surface area (Å²) in [5, 5.41) is 21.5. The van der Waals surface area contributed by atoms with E-state index < -0.39 is 23.5 Å². The molecule has 3 aromatic rings. The van der Waals surface area contributed by atoms with Gasteiger partial charge in [0.25, 0.3) is 0 Å². The van der Waals surface area contributed by atoms with Gasteiger partial charge in [-0.2, -0.15) is 5.26 Å². The van der Waals surface area contributed by atoms with Crippen molar-refractivity contribution >= 4 is 45.6 Å². The highest BCUT2D eigenvalue weighted by molar-refractivity contribution is 8.01. The van der Waals surface area contributed by atoms with E-state index in [0.29, 0.717) is 68.9 Å². The number of nitriles is 1. The number of allylic oxidation sites excluding steroid dienone is 3. The molecule has 1 unspecified atom stereocenters. The predicted molar refractivity (Wildman–Crippen MR) is 160 cm³/mol. The third-order valence-electron chi connectivity index (χ3n) is 7.08. The highest BCUT2D eigenvalue weighted by Crippen LogP contribution is 2.52. The van der Waals surface area contributed by atoms with Gasteiger partial charge in [0, 0.05) is 29.3 Å². The first-order valence-corrected chi connectivity index (χ1v) is 15.0. The maximum absolute atomic E-state index is 13.9. The van der Waals surface area contributed by atoms with Gasteiger partial charge in [0.2, 0.25) is 16.8 Å². The van der Waals surface area contributed by atoms with Crippen LogP contribution in [0.5, 0.6) is 17.2 Å². The lowest BCUT2D eigenvalue weighted by molar-refractivity contribution is -0.116. The van der Waals surface area contributed by atoms with Gasteiger partial charge in [0.05, 0.1) is 50.3 Å². The maximum Gasteiger partial charge on any atom is 0.234 e. The molecule has 1 aliphatic carbocycles. The molecule has 1 atom stereocenters. The predicted octanol–water partition coefficient (Wildman–Crippen LogP) is 4.88. The Hall–Kier alpha value is -4.68. The van der Waals surface area contributed by atoms with E-state index >= 15 is 0 Å². The zero-order valence-electron chi connectivity index (χ0n) is 23.8. The van der Waals surface area contributed by atoms with Gasteiger partial charge in [-0.1, -0.05) is 29.2 Å². The third kappa shape index (κ3) is 5.65. The number of rotatable bonds is 9. The highest BCUT2D eigenvalue weighted by Gasteiger charge is 2.43. The van der Waals surface area contributed by atoms with Gasteiger partial charge >= 0.3 is 0 Å². The van der Waals surface area contributed by atoms with Crippen LogP contribution in [0.1, 0.15) is 30.7 Å². The molecular formula is C29H26F2N6O5S2. The van der Waals surface area contributed by atoms with Crippen molar-refractivity contribution in [2.45, 2.75) is 29.5 Å². The van der Waals surface area contributed by atoms with E-state index in [0.717, 1.165) is 35.2 Å². The highest BCUT2D eigenvalue weighted by atomic mass is 32.2. The van der Waals surface area contributed by atoms with Crippen LogP contribution in [0.15, 0.2) is 57.3 Å². The van der Waals surface area contributed by atoms with Crippen molar-refractivity contribution in [3.63, 3.8) is 0 Å². The van der Waals surface area contributed by atoms with E-state index in [2.05, 4.69) is 21.6 Å². The lowest BCUT2D eigenvalue weighted by Gasteiger charge is -2.38. The Morgan fingerprint density at radius 3 is 2.61 bits per heavy atom. The van der Waals surface area contributed by atoms with Crippen molar-refractivity contribution in [1.82, 2.24) is 10.2 Å². The second kappa shape index (κ2) is 12.9. The molecule has 228 valence electrons. The molecule has 1 aliphatic heterocycles. The summed E-state index contributed by atoms with van der Waals surface area (Å²) in [5.74, 6) is -2.15. The molecule has 2 aromatic carbocycles. The van der Waals surface area contributed by atoms with Crippen LogP contribution < -0.4 is 30.2 Å². The number of nitrogens with zero attached hydrogens (tertiary/aromatic N) is 4. The molecular weight excluding hydrogens is 614 g/mol. The number of benzene rings is 2. The van der Waals surface area contributed by atoms with E-state index in [1.165, 1.54) is 21.3 Å². The smallest absolute Gasteiger partial charge is 0.234 e. The first-order valence-electron chi connectivity index (χ1n) is 13.2. The molecule has 44 heavy (non-hydrogen) atoms. The van der Waals surface area contributed by atoms with Crippen molar-refractivity contribution in [2.75, 3.05) is 37.3 Å². The average Bonchev–Trinajstić information content (AvgIpc) is 3.48. The largest absolute Gasteiger partial charge is 0.493 e. The topological polar surface area (TPSA) is 153 Å². The van der Waals surface area contributed by atoms with Gasteiger partial charge in [-0.3, -0.25) is 14.5 Å². The Kier molecular flexibility index (Phi) is 9.02. The van der Waals surface area contributed by atoms with Gasteiger partial charge in [-0.15, -0.1) is 10.2 Å². The molecule has 15 heteroatoms. The Morgan fingerprint density at radius 1 is 1.16 bits per heavy atom. The summed E-state index contributed by atoms with van der Waals surface area (Å²) in [6.45, 7) is 0. The minimum Gasteiger partial charge on any atom is -0.493 e. The van der Waals surface area contributed by atoms with Crippen molar-refractivity contribution in [2.24, 2.45) is 5.73 Å². The maximum atomic E-state index is 13.9. The van der Waals surface area contributed by atoms with Crippen molar-refractivity contribution in [3.05, 3.63) is 70.2 Å². The molecule has 5 rings (SSSR count). The van der Waals surface area contributed by atoms with Crippen molar-refractivity contribution < 1.29 is 32.6 Å². The number of thioether (sulfide) groups is 1. The standard InChI is InChI=1S/C29H26F2N6O5S2/c1-40-21-10-8-15(25(41-2)26(21)42-3)23-16(12-32)27(33)37(19-5-4-6-20(38)24(19)23)28-35-36-29(44-28)43-13-22(39)34-18-9-7-14(30)11-17(18)31/h7-11,23H,4-6,13,33H2,1-3H3,(H,34,39). The number of aromatic nitrogens is 2. The number of carbonyl (C=O) groups excluding carboxylic acids is 2. The number of nitrogens with two attached hydrogens (primary N) is 1. The van der Waals surface area contributed by atoms with Crippen molar-refractivity contribution in [1.29, 1.82) is 5.26 Å². The summed E-state index contributed by atoms with van der Waals surface area (Å²) < 4.78 is 44.1. The fourth-order valence-electron chi connectivity index (χ4n) is 5.22.